The number of aromatic amines is 1. The molecule has 20 heavy (non-hydrogen) atoms. The van der Waals surface area contributed by atoms with Crippen LogP contribution in [0.4, 0.5) is 0 Å². The average Bonchev–Trinajstić information content (AvgIpc) is 2.82. The molecule has 0 radical (unpaired) electrons. The van der Waals surface area contributed by atoms with Crippen LogP contribution in [0.3, 0.4) is 0 Å². The van der Waals surface area contributed by atoms with Gasteiger partial charge < -0.3 is 0 Å². The summed E-state index contributed by atoms with van der Waals surface area (Å²) in [6.45, 7) is 0. The summed E-state index contributed by atoms with van der Waals surface area (Å²) in [5.41, 5.74) is 2.80. The second-order valence-electron chi connectivity index (χ2n) is 4.31. The first-order valence-electron chi connectivity index (χ1n) is 5.98. The number of H-pyrrole nitrogens is 1. The van der Waals surface area contributed by atoms with Crippen molar-refractivity contribution in [2.45, 2.75) is 0 Å². The Kier molecular flexibility index (Phi) is 3.66. The number of hydrogen-bond acceptors (Lipinski definition) is 1. The van der Waals surface area contributed by atoms with Gasteiger partial charge in [-0.3, -0.25) is 5.10 Å². The third kappa shape index (κ3) is 2.52. The molecule has 2 aromatic carbocycles. The maximum atomic E-state index is 6.22. The second kappa shape index (κ2) is 5.44. The van der Waals surface area contributed by atoms with Gasteiger partial charge in [0.2, 0.25) is 0 Å². The van der Waals surface area contributed by atoms with E-state index in [-0.39, 0.29) is 0 Å². The summed E-state index contributed by atoms with van der Waals surface area (Å²) in [5, 5.41) is 4.41. The van der Waals surface area contributed by atoms with Crippen molar-refractivity contribution in [3.63, 3.8) is 0 Å². The minimum absolute atomic E-state index is 0.551. The smallest absolute Gasteiger partial charge is 0.128 e. The van der Waals surface area contributed by atoms with Gasteiger partial charge in [-0.25, -0.2) is 4.68 Å². The number of nitrogens with one attached hydrogen (secondary N) is 1. The predicted octanol–water partition coefficient (Wildman–Crippen LogP) is 5.51. The minimum atomic E-state index is 0.551. The van der Waals surface area contributed by atoms with Gasteiger partial charge in [0, 0.05) is 11.1 Å². The largest absolute Gasteiger partial charge is 0.292 e. The summed E-state index contributed by atoms with van der Waals surface area (Å²) in [6, 6.07) is 17.2. The zero-order chi connectivity index (χ0) is 14.1. The van der Waals surface area contributed by atoms with Gasteiger partial charge in [0.05, 0.1) is 16.4 Å². The Hall–Kier alpha value is -1.55. The Morgan fingerprint density at radius 2 is 1.70 bits per heavy atom. The Morgan fingerprint density at radius 1 is 0.950 bits per heavy atom. The molecule has 0 bridgehead atoms. The zero-order valence-electron chi connectivity index (χ0n) is 10.3. The quantitative estimate of drug-likeness (QED) is 0.617. The highest BCUT2D eigenvalue weighted by atomic mass is 35.5. The van der Waals surface area contributed by atoms with E-state index in [9.17, 15) is 0 Å². The van der Waals surface area contributed by atoms with Gasteiger partial charge in [-0.1, -0.05) is 65.8 Å². The lowest BCUT2D eigenvalue weighted by Crippen LogP contribution is -1.97. The van der Waals surface area contributed by atoms with Gasteiger partial charge in [0.15, 0.2) is 0 Å². The van der Waals surface area contributed by atoms with Crippen LogP contribution in [-0.4, -0.2) is 9.78 Å². The first-order chi connectivity index (χ1) is 9.65. The van der Waals surface area contributed by atoms with Crippen molar-refractivity contribution < 1.29 is 0 Å². The molecule has 0 saturated heterocycles. The SMILES string of the molecule is S=c1cc(-c2ccccc2)[nH]n1-c1ccc(Cl)cc1Cl. The van der Waals surface area contributed by atoms with E-state index in [1.165, 1.54) is 0 Å². The lowest BCUT2D eigenvalue weighted by atomic mass is 10.2. The summed E-state index contributed by atoms with van der Waals surface area (Å²) in [6.07, 6.45) is 0. The normalized spacial score (nSPS) is 10.7. The van der Waals surface area contributed by atoms with Crippen LogP contribution in [-0.2, 0) is 0 Å². The maximum absolute atomic E-state index is 6.22. The molecule has 1 heterocycles. The summed E-state index contributed by atoms with van der Waals surface area (Å²) >= 11 is 17.5. The van der Waals surface area contributed by atoms with E-state index in [1.54, 1.807) is 16.8 Å². The average molecular weight is 321 g/mol. The van der Waals surface area contributed by atoms with Crippen LogP contribution in [0.1, 0.15) is 0 Å². The Morgan fingerprint density at radius 3 is 2.40 bits per heavy atom. The number of rotatable bonds is 2. The molecule has 0 spiro atoms. The van der Waals surface area contributed by atoms with Crippen molar-refractivity contribution in [3.05, 3.63) is 69.3 Å². The van der Waals surface area contributed by atoms with Gasteiger partial charge >= 0.3 is 0 Å². The van der Waals surface area contributed by atoms with E-state index in [1.807, 2.05) is 42.5 Å². The van der Waals surface area contributed by atoms with Gasteiger partial charge in [0.1, 0.15) is 4.64 Å². The van der Waals surface area contributed by atoms with E-state index < -0.39 is 0 Å². The molecular weight excluding hydrogens is 311 g/mol. The summed E-state index contributed by atoms with van der Waals surface area (Å²) in [7, 11) is 0. The molecule has 0 unspecified atom stereocenters. The standard InChI is InChI=1S/C15H10Cl2N2S/c16-11-6-7-14(12(17)8-11)19-15(20)9-13(18-19)10-4-2-1-3-5-10/h1-9,18H. The fourth-order valence-corrected chi connectivity index (χ4v) is 2.76. The molecular formula is C15H10Cl2N2S. The molecule has 0 fully saturated rings. The first kappa shape index (κ1) is 13.4. The van der Waals surface area contributed by atoms with Crippen molar-refractivity contribution in [1.29, 1.82) is 0 Å². The summed E-state index contributed by atoms with van der Waals surface area (Å²) in [4.78, 5) is 0. The van der Waals surface area contributed by atoms with Crippen LogP contribution < -0.4 is 0 Å². The van der Waals surface area contributed by atoms with Crippen LogP contribution in [0.2, 0.25) is 10.0 Å². The van der Waals surface area contributed by atoms with Crippen LogP contribution in [0.15, 0.2) is 54.6 Å². The summed E-state index contributed by atoms with van der Waals surface area (Å²) in [5.74, 6) is 0. The van der Waals surface area contributed by atoms with Crippen molar-refractivity contribution in [2.24, 2.45) is 0 Å². The van der Waals surface area contributed by atoms with Crippen molar-refractivity contribution in [2.75, 3.05) is 0 Å². The predicted molar refractivity (Wildman–Crippen MR) is 86.4 cm³/mol. The number of halogens is 2. The van der Waals surface area contributed by atoms with Gasteiger partial charge in [-0.2, -0.15) is 0 Å². The lowest BCUT2D eigenvalue weighted by Gasteiger charge is -2.06. The maximum Gasteiger partial charge on any atom is 0.128 e. The monoisotopic (exact) mass is 320 g/mol. The van der Waals surface area contributed by atoms with Crippen LogP contribution in [0, 0.1) is 4.64 Å². The number of aromatic nitrogens is 2. The molecule has 0 saturated carbocycles. The van der Waals surface area contributed by atoms with Gasteiger partial charge in [0.25, 0.3) is 0 Å². The number of nitrogens with zero attached hydrogens (tertiary/aromatic N) is 1. The Balaban J connectivity index is 2.12. The molecule has 1 N–H and O–H groups in total. The number of benzene rings is 2. The molecule has 5 heteroatoms. The van der Waals surface area contributed by atoms with Crippen molar-refractivity contribution in [3.8, 4) is 16.9 Å². The molecule has 0 aliphatic heterocycles. The molecule has 3 aromatic rings. The first-order valence-corrected chi connectivity index (χ1v) is 7.14. The molecule has 3 rings (SSSR count). The Labute approximate surface area is 131 Å². The van der Waals surface area contributed by atoms with E-state index >= 15 is 0 Å². The molecule has 0 aliphatic rings. The van der Waals surface area contributed by atoms with E-state index in [4.69, 9.17) is 35.4 Å². The Bertz CT molecular complexity index is 806. The third-order valence-corrected chi connectivity index (χ3v) is 3.79. The lowest BCUT2D eigenvalue weighted by molar-refractivity contribution is 0.873. The zero-order valence-corrected chi connectivity index (χ0v) is 12.6. The van der Waals surface area contributed by atoms with Crippen molar-refractivity contribution in [1.82, 2.24) is 9.78 Å². The molecule has 0 amide bonds. The molecule has 0 aliphatic carbocycles. The third-order valence-electron chi connectivity index (χ3n) is 2.96. The fraction of sp³-hybridized carbons (Fsp3) is 0. The van der Waals surface area contributed by atoms with Crippen molar-refractivity contribution >= 4 is 35.4 Å². The molecule has 0 atom stereocenters. The molecule has 100 valence electrons. The molecule has 1 aromatic heterocycles. The van der Waals surface area contributed by atoms with E-state index in [2.05, 4.69) is 5.10 Å². The number of hydrogen-bond donors (Lipinski definition) is 1. The minimum Gasteiger partial charge on any atom is -0.292 e. The van der Waals surface area contributed by atoms with E-state index in [0.29, 0.717) is 14.7 Å². The topological polar surface area (TPSA) is 20.7 Å². The second-order valence-corrected chi connectivity index (χ2v) is 5.57. The highest BCUT2D eigenvalue weighted by molar-refractivity contribution is 7.71. The fourth-order valence-electron chi connectivity index (χ4n) is 2.00. The molecule has 2 nitrogen and oxygen atoms in total. The van der Waals surface area contributed by atoms with Crippen LogP contribution >= 0.6 is 35.4 Å². The summed E-state index contributed by atoms with van der Waals surface area (Å²) < 4.78 is 2.43. The van der Waals surface area contributed by atoms with E-state index in [0.717, 1.165) is 16.9 Å². The highest BCUT2D eigenvalue weighted by Crippen LogP contribution is 2.26. The van der Waals surface area contributed by atoms with Crippen LogP contribution in [0.25, 0.3) is 16.9 Å². The van der Waals surface area contributed by atoms with Gasteiger partial charge in [-0.15, -0.1) is 0 Å². The highest BCUT2D eigenvalue weighted by Gasteiger charge is 2.08. The van der Waals surface area contributed by atoms with Gasteiger partial charge in [-0.05, 0) is 23.8 Å². The van der Waals surface area contributed by atoms with Crippen LogP contribution in [0.5, 0.6) is 0 Å².